The molecule has 0 unspecified atom stereocenters. The molecule has 23 heavy (non-hydrogen) atoms. The number of halogens is 1. The van der Waals surface area contributed by atoms with Crippen LogP contribution < -0.4 is 0 Å². The van der Waals surface area contributed by atoms with Crippen LogP contribution in [-0.4, -0.2) is 65.4 Å². The fraction of sp³-hybridized carbons (Fsp3) is 0.667. The fourth-order valence-electron chi connectivity index (χ4n) is 2.71. The Morgan fingerprint density at radius 3 is 1.91 bits per heavy atom. The molecule has 1 saturated heterocycles. The van der Waals surface area contributed by atoms with E-state index >= 15 is 0 Å². The van der Waals surface area contributed by atoms with Gasteiger partial charge in [0.15, 0.2) is 0 Å². The molecule has 1 aromatic carbocycles. The van der Waals surface area contributed by atoms with Gasteiger partial charge in [-0.3, -0.25) is 9.80 Å². The van der Waals surface area contributed by atoms with E-state index in [9.17, 15) is 14.6 Å². The third-order valence-corrected chi connectivity index (χ3v) is 4.58. The van der Waals surface area contributed by atoms with E-state index < -0.39 is 6.10 Å². The molecule has 1 aromatic rings. The highest BCUT2D eigenvalue weighted by molar-refractivity contribution is 5.18. The van der Waals surface area contributed by atoms with Gasteiger partial charge in [-0.1, -0.05) is 32.9 Å². The number of benzene rings is 1. The number of aliphatic hydroxyl groups excluding tert-OH is 2. The molecule has 2 N–H and O–H groups in total. The molecule has 2 rings (SSSR count). The summed E-state index contributed by atoms with van der Waals surface area (Å²) in [4.78, 5) is 4.49. The number of nitrogens with zero attached hydrogens (tertiary/aromatic N) is 2. The van der Waals surface area contributed by atoms with Crippen LogP contribution in [0, 0.1) is 11.2 Å². The van der Waals surface area contributed by atoms with Gasteiger partial charge in [0.2, 0.25) is 0 Å². The second-order valence-electron chi connectivity index (χ2n) is 7.55. The van der Waals surface area contributed by atoms with Gasteiger partial charge >= 0.3 is 0 Å². The Balaban J connectivity index is 1.77. The van der Waals surface area contributed by atoms with Crippen molar-refractivity contribution in [1.29, 1.82) is 0 Å². The van der Waals surface area contributed by atoms with Gasteiger partial charge in [0.1, 0.15) is 5.82 Å². The number of rotatable bonds is 5. The van der Waals surface area contributed by atoms with Crippen LogP contribution in [-0.2, 0) is 0 Å². The molecule has 0 saturated carbocycles. The first-order chi connectivity index (χ1) is 10.8. The smallest absolute Gasteiger partial charge is 0.123 e. The van der Waals surface area contributed by atoms with Crippen molar-refractivity contribution >= 4 is 0 Å². The van der Waals surface area contributed by atoms with Gasteiger partial charge in [0.25, 0.3) is 0 Å². The lowest BCUT2D eigenvalue weighted by molar-refractivity contribution is 0.00718. The third-order valence-electron chi connectivity index (χ3n) is 4.58. The summed E-state index contributed by atoms with van der Waals surface area (Å²) in [5.74, 6) is -0.285. The zero-order valence-corrected chi connectivity index (χ0v) is 14.4. The van der Waals surface area contributed by atoms with E-state index in [0.717, 1.165) is 31.7 Å². The fourth-order valence-corrected chi connectivity index (χ4v) is 2.71. The maximum absolute atomic E-state index is 12.9. The van der Waals surface area contributed by atoms with Gasteiger partial charge in [-0.05, 0) is 23.1 Å². The molecule has 1 aliphatic heterocycles. The summed E-state index contributed by atoms with van der Waals surface area (Å²) in [6, 6.07) is 6.03. The molecule has 5 heteroatoms. The predicted molar refractivity (Wildman–Crippen MR) is 89.7 cm³/mol. The van der Waals surface area contributed by atoms with E-state index in [0.29, 0.717) is 13.1 Å². The van der Waals surface area contributed by atoms with Crippen LogP contribution in [0.25, 0.3) is 0 Å². The zero-order valence-electron chi connectivity index (χ0n) is 14.4. The van der Waals surface area contributed by atoms with Crippen LogP contribution in [0.3, 0.4) is 0 Å². The lowest BCUT2D eigenvalue weighted by Gasteiger charge is -2.38. The molecule has 1 fully saturated rings. The molecular formula is C18H29FN2O2. The molecule has 0 bridgehead atoms. The maximum Gasteiger partial charge on any atom is 0.123 e. The topological polar surface area (TPSA) is 46.9 Å². The van der Waals surface area contributed by atoms with Crippen molar-refractivity contribution in [3.63, 3.8) is 0 Å². The van der Waals surface area contributed by atoms with Crippen molar-refractivity contribution in [2.24, 2.45) is 5.41 Å². The van der Waals surface area contributed by atoms with Crippen LogP contribution in [0.5, 0.6) is 0 Å². The largest absolute Gasteiger partial charge is 0.391 e. The summed E-state index contributed by atoms with van der Waals surface area (Å²) in [7, 11) is 0. The van der Waals surface area contributed by atoms with E-state index in [4.69, 9.17) is 0 Å². The van der Waals surface area contributed by atoms with Gasteiger partial charge < -0.3 is 10.2 Å². The van der Waals surface area contributed by atoms with Crippen molar-refractivity contribution in [1.82, 2.24) is 9.80 Å². The van der Waals surface area contributed by atoms with Crippen LogP contribution in [0.2, 0.25) is 0 Å². The zero-order chi connectivity index (χ0) is 17.0. The quantitative estimate of drug-likeness (QED) is 0.868. The Hall–Kier alpha value is -1.01. The molecule has 2 atom stereocenters. The van der Waals surface area contributed by atoms with E-state index in [-0.39, 0.29) is 17.3 Å². The standard InChI is InChI=1S/C18H29FN2O2/c1-18(2,3)17(23)13-21-10-8-20(9-11-21)12-16(22)14-4-6-15(19)7-5-14/h4-7,16-17,22-23H,8-13H2,1-3H3/t16-,17+/m1/s1. The number of hydrogen-bond donors (Lipinski definition) is 2. The van der Waals surface area contributed by atoms with Crippen LogP contribution in [0.1, 0.15) is 32.4 Å². The summed E-state index contributed by atoms with van der Waals surface area (Å²) in [5.41, 5.74) is 0.646. The van der Waals surface area contributed by atoms with Gasteiger partial charge in [-0.2, -0.15) is 0 Å². The molecular weight excluding hydrogens is 295 g/mol. The van der Waals surface area contributed by atoms with Crippen LogP contribution in [0.4, 0.5) is 4.39 Å². The second kappa shape index (κ2) is 7.71. The Kier molecular flexibility index (Phi) is 6.14. The minimum absolute atomic E-state index is 0.101. The highest BCUT2D eigenvalue weighted by Crippen LogP contribution is 2.21. The minimum atomic E-state index is -0.595. The summed E-state index contributed by atoms with van der Waals surface area (Å²) in [6.45, 7) is 10.9. The van der Waals surface area contributed by atoms with E-state index in [1.165, 1.54) is 12.1 Å². The first kappa shape index (κ1) is 18.3. The van der Waals surface area contributed by atoms with Gasteiger partial charge in [0, 0.05) is 39.3 Å². The SMILES string of the molecule is CC(C)(C)[C@@H](O)CN1CCN(C[C@@H](O)c2ccc(F)cc2)CC1. The van der Waals surface area contributed by atoms with Crippen molar-refractivity contribution < 1.29 is 14.6 Å². The molecule has 0 spiro atoms. The molecule has 0 aliphatic carbocycles. The first-order valence-electron chi connectivity index (χ1n) is 8.32. The van der Waals surface area contributed by atoms with Crippen LogP contribution in [0.15, 0.2) is 24.3 Å². The maximum atomic E-state index is 12.9. The molecule has 1 aliphatic rings. The van der Waals surface area contributed by atoms with E-state index in [1.807, 2.05) is 20.8 Å². The van der Waals surface area contributed by atoms with E-state index in [2.05, 4.69) is 9.80 Å². The Labute approximate surface area is 138 Å². The number of β-amino-alcohol motifs (C(OH)–C–C–N with tert-alkyl or cyclic N) is 2. The van der Waals surface area contributed by atoms with Crippen molar-refractivity contribution in [3.05, 3.63) is 35.6 Å². The number of aliphatic hydroxyl groups is 2. The average molecular weight is 324 g/mol. The van der Waals surface area contributed by atoms with Crippen LogP contribution >= 0.6 is 0 Å². The molecule has 1 heterocycles. The third kappa shape index (κ3) is 5.53. The predicted octanol–water partition coefficient (Wildman–Crippen LogP) is 1.88. The number of piperazine rings is 1. The van der Waals surface area contributed by atoms with Gasteiger partial charge in [0.05, 0.1) is 12.2 Å². The summed E-state index contributed by atoms with van der Waals surface area (Å²) in [6.07, 6.45) is -0.929. The van der Waals surface area contributed by atoms with Crippen molar-refractivity contribution in [3.8, 4) is 0 Å². The summed E-state index contributed by atoms with van der Waals surface area (Å²) in [5, 5.41) is 20.5. The Morgan fingerprint density at radius 2 is 1.43 bits per heavy atom. The lowest BCUT2D eigenvalue weighted by Crippen LogP contribution is -2.50. The molecule has 0 amide bonds. The monoisotopic (exact) mass is 324 g/mol. The normalized spacial score (nSPS) is 20.4. The lowest BCUT2D eigenvalue weighted by atomic mass is 9.89. The molecule has 4 nitrogen and oxygen atoms in total. The van der Waals surface area contributed by atoms with Crippen molar-refractivity contribution in [2.75, 3.05) is 39.3 Å². The molecule has 130 valence electrons. The van der Waals surface area contributed by atoms with Gasteiger partial charge in [-0.15, -0.1) is 0 Å². The average Bonchev–Trinajstić information content (AvgIpc) is 2.49. The van der Waals surface area contributed by atoms with Gasteiger partial charge in [-0.25, -0.2) is 4.39 Å². The van der Waals surface area contributed by atoms with Crippen molar-refractivity contribution in [2.45, 2.75) is 33.0 Å². The highest BCUT2D eigenvalue weighted by Gasteiger charge is 2.27. The Bertz CT molecular complexity index is 479. The highest BCUT2D eigenvalue weighted by atomic mass is 19.1. The Morgan fingerprint density at radius 1 is 0.957 bits per heavy atom. The van der Waals surface area contributed by atoms with E-state index in [1.54, 1.807) is 12.1 Å². The summed E-state index contributed by atoms with van der Waals surface area (Å²) >= 11 is 0. The number of hydrogen-bond acceptors (Lipinski definition) is 4. The summed E-state index contributed by atoms with van der Waals surface area (Å²) < 4.78 is 12.9. The second-order valence-corrected chi connectivity index (χ2v) is 7.55. The minimum Gasteiger partial charge on any atom is -0.391 e. The first-order valence-corrected chi connectivity index (χ1v) is 8.32. The molecule has 0 radical (unpaired) electrons. The molecule has 0 aromatic heterocycles.